The number of H-pyrrole nitrogens is 1. The molecule has 0 spiro atoms. The molecule has 1 amide bonds. The number of hydrogen-bond donors (Lipinski definition) is 2. The van der Waals surface area contributed by atoms with Crippen LogP contribution in [0.1, 0.15) is 16.2 Å². The van der Waals surface area contributed by atoms with Gasteiger partial charge in [0.1, 0.15) is 5.69 Å². The summed E-state index contributed by atoms with van der Waals surface area (Å²) in [5.41, 5.74) is 3.80. The van der Waals surface area contributed by atoms with Gasteiger partial charge in [-0.2, -0.15) is 0 Å². The molecule has 2 heterocycles. The van der Waals surface area contributed by atoms with Gasteiger partial charge < -0.3 is 10.3 Å². The van der Waals surface area contributed by atoms with Gasteiger partial charge in [0.25, 0.3) is 5.91 Å². The molecule has 5 heteroatoms. The van der Waals surface area contributed by atoms with Gasteiger partial charge >= 0.3 is 0 Å². The number of para-hydroxylation sites is 1. The van der Waals surface area contributed by atoms with Crippen molar-refractivity contribution in [3.8, 4) is 0 Å². The Bertz CT molecular complexity index is 1080. The summed E-state index contributed by atoms with van der Waals surface area (Å²) in [6.45, 7) is 1.90. The molecule has 118 valence electrons. The van der Waals surface area contributed by atoms with Crippen molar-refractivity contribution in [1.29, 1.82) is 0 Å². The van der Waals surface area contributed by atoms with E-state index in [1.54, 1.807) is 24.3 Å². The van der Waals surface area contributed by atoms with Crippen LogP contribution in [0.15, 0.2) is 54.6 Å². The van der Waals surface area contributed by atoms with Crippen LogP contribution in [0.3, 0.4) is 0 Å². The van der Waals surface area contributed by atoms with E-state index in [0.717, 1.165) is 27.5 Å². The van der Waals surface area contributed by atoms with E-state index in [4.69, 9.17) is 11.6 Å². The Morgan fingerprint density at radius 2 is 1.92 bits per heavy atom. The number of aromatic amines is 1. The monoisotopic (exact) mass is 335 g/mol. The van der Waals surface area contributed by atoms with Crippen LogP contribution in [0.5, 0.6) is 0 Å². The highest BCUT2D eigenvalue weighted by atomic mass is 35.5. The third-order valence-electron chi connectivity index (χ3n) is 3.99. The fraction of sp³-hybridized carbons (Fsp3) is 0.0526. The minimum Gasteiger partial charge on any atom is -0.353 e. The maximum atomic E-state index is 12.6. The van der Waals surface area contributed by atoms with Crippen LogP contribution in [0.25, 0.3) is 21.8 Å². The highest BCUT2D eigenvalue weighted by molar-refractivity contribution is 6.31. The molecule has 0 bridgehead atoms. The molecule has 4 aromatic rings. The van der Waals surface area contributed by atoms with E-state index in [1.165, 1.54) is 0 Å². The SMILES string of the molecule is Cc1nc(C(=O)Nc2cccc(Cl)c2)cc2c1[nH]c1ccccc12. The standard InChI is InChI=1S/C19H14ClN3O/c1-11-18-15(14-7-2-3-8-16(14)23-18)10-17(21-11)19(24)22-13-6-4-5-12(20)9-13/h2-10,23H,1H3,(H,22,24). The lowest BCUT2D eigenvalue weighted by Crippen LogP contribution is -2.14. The molecule has 0 aliphatic rings. The van der Waals surface area contributed by atoms with Gasteiger partial charge in [0, 0.05) is 27.0 Å². The smallest absolute Gasteiger partial charge is 0.274 e. The topological polar surface area (TPSA) is 57.8 Å². The predicted octanol–water partition coefficient (Wildman–Crippen LogP) is 4.93. The number of carbonyl (C=O) groups excluding carboxylic acids is 1. The van der Waals surface area contributed by atoms with Crippen molar-refractivity contribution in [2.75, 3.05) is 5.32 Å². The van der Waals surface area contributed by atoms with Gasteiger partial charge in [0.05, 0.1) is 11.2 Å². The van der Waals surface area contributed by atoms with E-state index in [9.17, 15) is 4.79 Å². The van der Waals surface area contributed by atoms with E-state index < -0.39 is 0 Å². The van der Waals surface area contributed by atoms with Gasteiger partial charge in [0.15, 0.2) is 0 Å². The molecule has 0 aliphatic heterocycles. The number of benzene rings is 2. The number of nitrogens with zero attached hydrogens (tertiary/aromatic N) is 1. The molecule has 24 heavy (non-hydrogen) atoms. The summed E-state index contributed by atoms with van der Waals surface area (Å²) in [4.78, 5) is 20.3. The minimum atomic E-state index is -0.257. The third-order valence-corrected chi connectivity index (χ3v) is 4.23. The van der Waals surface area contributed by atoms with Gasteiger partial charge in [0.2, 0.25) is 0 Å². The van der Waals surface area contributed by atoms with Crippen molar-refractivity contribution in [2.45, 2.75) is 6.92 Å². The molecule has 0 aliphatic carbocycles. The van der Waals surface area contributed by atoms with Gasteiger partial charge in [-0.25, -0.2) is 4.98 Å². The lowest BCUT2D eigenvalue weighted by molar-refractivity contribution is 0.102. The largest absolute Gasteiger partial charge is 0.353 e. The molecular formula is C19H14ClN3O. The summed E-state index contributed by atoms with van der Waals surface area (Å²) in [5.74, 6) is -0.257. The summed E-state index contributed by atoms with van der Waals surface area (Å²) in [6.07, 6.45) is 0. The first kappa shape index (κ1) is 14.7. The van der Waals surface area contributed by atoms with Gasteiger partial charge in [-0.15, -0.1) is 0 Å². The number of fused-ring (bicyclic) bond motifs is 3. The molecule has 0 atom stereocenters. The Labute approximate surface area is 143 Å². The Hall–Kier alpha value is -2.85. The molecule has 4 rings (SSSR count). The number of rotatable bonds is 2. The normalized spacial score (nSPS) is 11.1. The zero-order valence-electron chi connectivity index (χ0n) is 12.9. The zero-order valence-corrected chi connectivity index (χ0v) is 13.7. The van der Waals surface area contributed by atoms with Gasteiger partial charge in [-0.05, 0) is 37.3 Å². The van der Waals surface area contributed by atoms with Crippen molar-refractivity contribution in [3.63, 3.8) is 0 Å². The molecule has 0 radical (unpaired) electrons. The molecular weight excluding hydrogens is 322 g/mol. The van der Waals surface area contributed by atoms with E-state index in [0.29, 0.717) is 16.4 Å². The molecule has 0 saturated heterocycles. The van der Waals surface area contributed by atoms with Crippen molar-refractivity contribution in [3.05, 3.63) is 71.0 Å². The number of pyridine rings is 1. The van der Waals surface area contributed by atoms with Crippen LogP contribution < -0.4 is 5.32 Å². The zero-order chi connectivity index (χ0) is 16.7. The first-order valence-corrected chi connectivity index (χ1v) is 7.94. The van der Waals surface area contributed by atoms with Crippen LogP contribution in [-0.4, -0.2) is 15.9 Å². The lowest BCUT2D eigenvalue weighted by atomic mass is 10.1. The summed E-state index contributed by atoms with van der Waals surface area (Å²) < 4.78 is 0. The van der Waals surface area contributed by atoms with Crippen LogP contribution in [0, 0.1) is 6.92 Å². The summed E-state index contributed by atoms with van der Waals surface area (Å²) in [6, 6.07) is 16.9. The first-order valence-electron chi connectivity index (χ1n) is 7.57. The number of aromatic nitrogens is 2. The lowest BCUT2D eigenvalue weighted by Gasteiger charge is -2.06. The van der Waals surface area contributed by atoms with E-state index >= 15 is 0 Å². The Kier molecular flexibility index (Phi) is 3.47. The second-order valence-corrected chi connectivity index (χ2v) is 6.09. The number of anilines is 1. The average molecular weight is 336 g/mol. The number of aryl methyl sites for hydroxylation is 1. The van der Waals surface area contributed by atoms with E-state index in [2.05, 4.69) is 15.3 Å². The predicted molar refractivity (Wildman–Crippen MR) is 97.7 cm³/mol. The average Bonchev–Trinajstić information content (AvgIpc) is 2.94. The highest BCUT2D eigenvalue weighted by Gasteiger charge is 2.14. The van der Waals surface area contributed by atoms with E-state index in [1.807, 2.05) is 37.3 Å². The van der Waals surface area contributed by atoms with Crippen molar-refractivity contribution >= 4 is 45.0 Å². The number of carbonyl (C=O) groups is 1. The fourth-order valence-corrected chi connectivity index (χ4v) is 3.07. The number of halogens is 1. The maximum Gasteiger partial charge on any atom is 0.274 e. The highest BCUT2D eigenvalue weighted by Crippen LogP contribution is 2.27. The summed E-state index contributed by atoms with van der Waals surface area (Å²) >= 11 is 5.96. The second-order valence-electron chi connectivity index (χ2n) is 5.65. The van der Waals surface area contributed by atoms with Gasteiger partial charge in [-0.3, -0.25) is 4.79 Å². The van der Waals surface area contributed by atoms with Gasteiger partial charge in [-0.1, -0.05) is 35.9 Å². The Morgan fingerprint density at radius 1 is 1.08 bits per heavy atom. The number of nitrogens with one attached hydrogen (secondary N) is 2. The fourth-order valence-electron chi connectivity index (χ4n) is 2.88. The van der Waals surface area contributed by atoms with Crippen LogP contribution in [0.4, 0.5) is 5.69 Å². The molecule has 2 aromatic carbocycles. The van der Waals surface area contributed by atoms with Crippen LogP contribution in [0.2, 0.25) is 5.02 Å². The summed E-state index contributed by atoms with van der Waals surface area (Å²) in [5, 5.41) is 5.48. The first-order chi connectivity index (χ1) is 11.6. The number of hydrogen-bond acceptors (Lipinski definition) is 2. The molecule has 0 saturated carbocycles. The Balaban J connectivity index is 1.79. The van der Waals surface area contributed by atoms with Crippen molar-refractivity contribution in [2.24, 2.45) is 0 Å². The Morgan fingerprint density at radius 3 is 2.75 bits per heavy atom. The second kappa shape index (κ2) is 5.65. The third kappa shape index (κ3) is 2.51. The van der Waals surface area contributed by atoms with Crippen molar-refractivity contribution < 1.29 is 4.79 Å². The molecule has 2 N–H and O–H groups in total. The summed E-state index contributed by atoms with van der Waals surface area (Å²) in [7, 11) is 0. The van der Waals surface area contributed by atoms with Crippen LogP contribution in [-0.2, 0) is 0 Å². The van der Waals surface area contributed by atoms with Crippen molar-refractivity contribution in [1.82, 2.24) is 9.97 Å². The van der Waals surface area contributed by atoms with Crippen LogP contribution >= 0.6 is 11.6 Å². The molecule has 4 nitrogen and oxygen atoms in total. The quantitative estimate of drug-likeness (QED) is 0.545. The molecule has 0 fully saturated rings. The number of amides is 1. The molecule has 0 unspecified atom stereocenters. The minimum absolute atomic E-state index is 0.257. The van der Waals surface area contributed by atoms with E-state index in [-0.39, 0.29) is 5.91 Å². The molecule has 2 aromatic heterocycles. The maximum absolute atomic E-state index is 12.6.